The lowest BCUT2D eigenvalue weighted by molar-refractivity contribution is 0.0938. The van der Waals surface area contributed by atoms with Crippen LogP contribution in [0.25, 0.3) is 5.69 Å². The highest BCUT2D eigenvalue weighted by Crippen LogP contribution is 2.14. The molecule has 3 rings (SSSR count). The molecule has 23 heavy (non-hydrogen) atoms. The predicted octanol–water partition coefficient (Wildman–Crippen LogP) is 2.33. The van der Waals surface area contributed by atoms with Crippen LogP contribution < -0.4 is 5.32 Å². The highest BCUT2D eigenvalue weighted by Gasteiger charge is 2.16. The van der Waals surface area contributed by atoms with Crippen molar-refractivity contribution in [3.63, 3.8) is 0 Å². The van der Waals surface area contributed by atoms with Gasteiger partial charge in [-0.05, 0) is 43.5 Å². The summed E-state index contributed by atoms with van der Waals surface area (Å²) in [5.74, 6) is 0.658. The molecule has 0 spiro atoms. The first kappa shape index (κ1) is 15.7. The molecule has 0 radical (unpaired) electrons. The summed E-state index contributed by atoms with van der Waals surface area (Å²) in [5, 5.41) is 7.32. The van der Waals surface area contributed by atoms with E-state index >= 15 is 0 Å². The predicted molar refractivity (Wildman–Crippen MR) is 90.7 cm³/mol. The van der Waals surface area contributed by atoms with E-state index in [-0.39, 0.29) is 5.91 Å². The van der Waals surface area contributed by atoms with Crippen molar-refractivity contribution in [3.8, 4) is 5.69 Å². The fraction of sp³-hybridized carbons (Fsp3) is 0.444. The third-order valence-electron chi connectivity index (χ3n) is 4.30. The van der Waals surface area contributed by atoms with Crippen LogP contribution in [0.3, 0.4) is 0 Å². The molecule has 5 heteroatoms. The number of nitrogens with one attached hydrogen (secondary N) is 1. The number of aromatic nitrogens is 2. The van der Waals surface area contributed by atoms with Gasteiger partial charge in [0.15, 0.2) is 5.69 Å². The molecule has 1 atom stereocenters. The Morgan fingerprint density at radius 1 is 1.30 bits per heavy atom. The number of carbonyl (C=O) groups is 1. The minimum atomic E-state index is -0.107. The molecule has 122 valence electrons. The van der Waals surface area contributed by atoms with Gasteiger partial charge in [-0.1, -0.05) is 25.1 Å². The summed E-state index contributed by atoms with van der Waals surface area (Å²) in [6.45, 7) is 6.15. The third-order valence-corrected chi connectivity index (χ3v) is 4.30. The van der Waals surface area contributed by atoms with Crippen LogP contribution in [0.4, 0.5) is 0 Å². The van der Waals surface area contributed by atoms with Gasteiger partial charge in [-0.3, -0.25) is 4.79 Å². The Bertz CT molecular complexity index is 637. The number of amides is 1. The van der Waals surface area contributed by atoms with Gasteiger partial charge in [0.1, 0.15) is 0 Å². The van der Waals surface area contributed by atoms with Crippen molar-refractivity contribution in [2.75, 3.05) is 26.2 Å². The van der Waals surface area contributed by atoms with E-state index in [2.05, 4.69) is 22.2 Å². The van der Waals surface area contributed by atoms with Gasteiger partial charge in [0.25, 0.3) is 5.91 Å². The Balaban J connectivity index is 1.50. The van der Waals surface area contributed by atoms with Crippen LogP contribution in [-0.2, 0) is 0 Å². The number of hydrogen-bond acceptors (Lipinski definition) is 3. The molecule has 0 unspecified atom stereocenters. The Morgan fingerprint density at radius 3 is 2.91 bits per heavy atom. The molecular formula is C18H24N4O. The SMILES string of the molecule is C[C@H]1CCCN(CCNC(=O)c2ccn(-c3ccccc3)n2)C1. The second-order valence-electron chi connectivity index (χ2n) is 6.29. The zero-order valence-electron chi connectivity index (χ0n) is 13.6. The fourth-order valence-electron chi connectivity index (χ4n) is 3.08. The van der Waals surface area contributed by atoms with Crippen molar-refractivity contribution in [1.29, 1.82) is 0 Å². The van der Waals surface area contributed by atoms with Crippen LogP contribution in [-0.4, -0.2) is 46.8 Å². The smallest absolute Gasteiger partial charge is 0.271 e. The van der Waals surface area contributed by atoms with Crippen molar-refractivity contribution in [2.24, 2.45) is 5.92 Å². The maximum absolute atomic E-state index is 12.2. The van der Waals surface area contributed by atoms with Gasteiger partial charge in [0.2, 0.25) is 0 Å². The highest BCUT2D eigenvalue weighted by molar-refractivity contribution is 5.92. The van der Waals surface area contributed by atoms with Gasteiger partial charge >= 0.3 is 0 Å². The normalized spacial score (nSPS) is 18.7. The first-order valence-corrected chi connectivity index (χ1v) is 8.34. The molecule has 5 nitrogen and oxygen atoms in total. The number of likely N-dealkylation sites (tertiary alicyclic amines) is 1. The Hall–Kier alpha value is -2.14. The van der Waals surface area contributed by atoms with Crippen molar-refractivity contribution in [2.45, 2.75) is 19.8 Å². The van der Waals surface area contributed by atoms with Crippen LogP contribution in [0, 0.1) is 5.92 Å². The van der Waals surface area contributed by atoms with Crippen LogP contribution in [0.1, 0.15) is 30.3 Å². The van der Waals surface area contributed by atoms with Gasteiger partial charge in [0, 0.05) is 25.8 Å². The monoisotopic (exact) mass is 312 g/mol. The van der Waals surface area contributed by atoms with Crippen LogP contribution in [0.5, 0.6) is 0 Å². The number of para-hydroxylation sites is 1. The molecule has 1 aromatic carbocycles. The summed E-state index contributed by atoms with van der Waals surface area (Å²) in [7, 11) is 0. The lowest BCUT2D eigenvalue weighted by Gasteiger charge is -2.30. The van der Waals surface area contributed by atoms with Crippen LogP contribution in [0.2, 0.25) is 0 Å². The second kappa shape index (κ2) is 7.42. The topological polar surface area (TPSA) is 50.2 Å². The molecule has 1 amide bonds. The molecule has 1 aliphatic heterocycles. The molecule has 1 saturated heterocycles. The van der Waals surface area contributed by atoms with E-state index in [1.807, 2.05) is 36.5 Å². The van der Waals surface area contributed by atoms with Crippen LogP contribution in [0.15, 0.2) is 42.6 Å². The average molecular weight is 312 g/mol. The van der Waals surface area contributed by atoms with Crippen molar-refractivity contribution in [1.82, 2.24) is 20.0 Å². The largest absolute Gasteiger partial charge is 0.349 e. The lowest BCUT2D eigenvalue weighted by Crippen LogP contribution is -2.40. The molecule has 0 saturated carbocycles. The molecule has 1 N–H and O–H groups in total. The molecule has 1 aliphatic rings. The summed E-state index contributed by atoms with van der Waals surface area (Å²) in [4.78, 5) is 14.6. The van der Waals surface area contributed by atoms with E-state index in [0.717, 1.165) is 31.2 Å². The highest BCUT2D eigenvalue weighted by atomic mass is 16.1. The molecular weight excluding hydrogens is 288 g/mol. The number of rotatable bonds is 5. The molecule has 0 bridgehead atoms. The van der Waals surface area contributed by atoms with Gasteiger partial charge in [-0.15, -0.1) is 0 Å². The average Bonchev–Trinajstić information content (AvgIpc) is 3.06. The van der Waals surface area contributed by atoms with Gasteiger partial charge < -0.3 is 10.2 Å². The van der Waals surface area contributed by atoms with Gasteiger partial charge in [-0.25, -0.2) is 4.68 Å². The second-order valence-corrected chi connectivity index (χ2v) is 6.29. The first-order valence-electron chi connectivity index (χ1n) is 8.34. The minimum Gasteiger partial charge on any atom is -0.349 e. The maximum Gasteiger partial charge on any atom is 0.271 e. The zero-order valence-corrected chi connectivity index (χ0v) is 13.6. The molecule has 2 aromatic rings. The van der Waals surface area contributed by atoms with E-state index < -0.39 is 0 Å². The Morgan fingerprint density at radius 2 is 2.13 bits per heavy atom. The summed E-state index contributed by atoms with van der Waals surface area (Å²) < 4.78 is 1.72. The molecule has 1 aromatic heterocycles. The van der Waals surface area contributed by atoms with Crippen molar-refractivity contribution in [3.05, 3.63) is 48.3 Å². The summed E-state index contributed by atoms with van der Waals surface area (Å²) in [6, 6.07) is 11.6. The van der Waals surface area contributed by atoms with Crippen LogP contribution >= 0.6 is 0 Å². The number of nitrogens with zero attached hydrogens (tertiary/aromatic N) is 3. The van der Waals surface area contributed by atoms with Gasteiger partial charge in [0.05, 0.1) is 5.69 Å². The molecule has 2 heterocycles. The van der Waals surface area contributed by atoms with E-state index in [1.54, 1.807) is 10.7 Å². The van der Waals surface area contributed by atoms with E-state index in [9.17, 15) is 4.79 Å². The maximum atomic E-state index is 12.2. The fourth-order valence-corrected chi connectivity index (χ4v) is 3.08. The lowest BCUT2D eigenvalue weighted by atomic mass is 10.0. The number of carbonyl (C=O) groups excluding carboxylic acids is 1. The van der Waals surface area contributed by atoms with E-state index in [1.165, 1.54) is 12.8 Å². The Labute approximate surface area is 137 Å². The summed E-state index contributed by atoms with van der Waals surface area (Å²) >= 11 is 0. The third kappa shape index (κ3) is 4.20. The number of benzene rings is 1. The van der Waals surface area contributed by atoms with E-state index in [4.69, 9.17) is 0 Å². The molecule has 1 fully saturated rings. The van der Waals surface area contributed by atoms with Gasteiger partial charge in [-0.2, -0.15) is 5.10 Å². The zero-order chi connectivity index (χ0) is 16.1. The standard InChI is InChI=1S/C18H24N4O/c1-15-6-5-11-21(14-15)13-10-19-18(23)17-9-12-22(20-17)16-7-3-2-4-8-16/h2-4,7-9,12,15H,5-6,10-11,13-14H2,1H3,(H,19,23)/t15-/m0/s1. The quantitative estimate of drug-likeness (QED) is 0.922. The number of piperidine rings is 1. The Kier molecular flexibility index (Phi) is 5.08. The first-order chi connectivity index (χ1) is 11.2. The minimum absolute atomic E-state index is 0.107. The summed E-state index contributed by atoms with van der Waals surface area (Å²) in [5.41, 5.74) is 1.41. The molecule has 0 aliphatic carbocycles. The number of hydrogen-bond donors (Lipinski definition) is 1. The van der Waals surface area contributed by atoms with E-state index in [0.29, 0.717) is 12.2 Å². The van der Waals surface area contributed by atoms with Crippen molar-refractivity contribution < 1.29 is 4.79 Å². The summed E-state index contributed by atoms with van der Waals surface area (Å²) in [6.07, 6.45) is 4.40. The van der Waals surface area contributed by atoms with Crippen molar-refractivity contribution >= 4 is 5.91 Å².